The Balaban J connectivity index is 1.46. The summed E-state index contributed by atoms with van der Waals surface area (Å²) in [4.78, 5) is 12.2. The largest absolute Gasteiger partial charge is 0.353 e. The molecular formula is C28H42O5. The van der Waals surface area contributed by atoms with Crippen molar-refractivity contribution in [3.05, 3.63) is 12.2 Å². The molecule has 2 heterocycles. The van der Waals surface area contributed by atoms with Gasteiger partial charge in [-0.1, -0.05) is 19.1 Å². The van der Waals surface area contributed by atoms with E-state index < -0.39 is 0 Å². The van der Waals surface area contributed by atoms with Crippen LogP contribution in [0.4, 0.5) is 0 Å². The second-order valence-electron chi connectivity index (χ2n) is 10.4. The first-order valence-corrected chi connectivity index (χ1v) is 13.3. The van der Waals surface area contributed by atoms with Gasteiger partial charge in [-0.15, -0.1) is 11.8 Å². The zero-order valence-electron chi connectivity index (χ0n) is 20.5. The fourth-order valence-corrected chi connectivity index (χ4v) is 6.01. The standard InChI is InChI=1S/C28H42O5/c1-3-4-5-10-20(2)25(32-27-11-6-8-15-30-27)14-13-23-24-19-22(29)17-21(24)18-26(23)33-28-12-7-9-16-31-28/h13-14,20-21,23-28H,5-12,15-19H2,1-2H3/b14-13+/t20?,21-,23+,24-,25+,26+,27?,28?/m0/s1. The summed E-state index contributed by atoms with van der Waals surface area (Å²) in [6.45, 7) is 5.71. The molecule has 33 heavy (non-hydrogen) atoms. The highest BCUT2D eigenvalue weighted by atomic mass is 16.7. The molecule has 0 spiro atoms. The maximum absolute atomic E-state index is 12.2. The van der Waals surface area contributed by atoms with Gasteiger partial charge in [-0.05, 0) is 76.0 Å². The van der Waals surface area contributed by atoms with Crippen LogP contribution in [-0.4, -0.2) is 43.8 Å². The molecule has 2 saturated carbocycles. The SMILES string of the molecule is CC#CCCC(C)[C@@H](/C=C/[C@@H]1[C@H]2CC(=O)C[C@H]2C[C@H]1OC1CCCCO1)OC1CCCCO1. The molecule has 184 valence electrons. The zero-order valence-corrected chi connectivity index (χ0v) is 20.5. The average Bonchev–Trinajstić information content (AvgIpc) is 3.33. The van der Waals surface area contributed by atoms with Crippen LogP contribution in [0, 0.1) is 35.5 Å². The predicted molar refractivity (Wildman–Crippen MR) is 127 cm³/mol. The van der Waals surface area contributed by atoms with E-state index in [2.05, 4.69) is 30.9 Å². The van der Waals surface area contributed by atoms with Crippen molar-refractivity contribution in [1.29, 1.82) is 0 Å². The number of hydrogen-bond acceptors (Lipinski definition) is 5. The second kappa shape index (κ2) is 12.5. The average molecular weight is 459 g/mol. The van der Waals surface area contributed by atoms with Gasteiger partial charge in [-0.25, -0.2) is 0 Å². The maximum atomic E-state index is 12.2. The normalized spacial score (nSPS) is 36.4. The molecule has 0 radical (unpaired) electrons. The number of fused-ring (bicyclic) bond motifs is 1. The van der Waals surface area contributed by atoms with Crippen molar-refractivity contribution in [2.45, 2.75) is 109 Å². The fourth-order valence-electron chi connectivity index (χ4n) is 6.01. The summed E-state index contributed by atoms with van der Waals surface area (Å²) in [6, 6.07) is 0. The molecule has 0 N–H and O–H groups in total. The molecule has 5 nitrogen and oxygen atoms in total. The van der Waals surface area contributed by atoms with Crippen LogP contribution in [-0.2, 0) is 23.7 Å². The van der Waals surface area contributed by atoms with Gasteiger partial charge in [-0.3, -0.25) is 4.79 Å². The Morgan fingerprint density at radius 1 is 1.09 bits per heavy atom. The summed E-state index contributed by atoms with van der Waals surface area (Å²) in [5.41, 5.74) is 0. The van der Waals surface area contributed by atoms with Crippen LogP contribution in [0.1, 0.15) is 84.5 Å². The summed E-state index contributed by atoms with van der Waals surface area (Å²) in [7, 11) is 0. The van der Waals surface area contributed by atoms with Crippen LogP contribution >= 0.6 is 0 Å². The molecule has 5 heteroatoms. The van der Waals surface area contributed by atoms with Gasteiger partial charge < -0.3 is 18.9 Å². The van der Waals surface area contributed by atoms with Gasteiger partial charge in [0.15, 0.2) is 12.6 Å². The number of carbonyl (C=O) groups is 1. The summed E-state index contributed by atoms with van der Waals surface area (Å²) in [6.07, 6.45) is 15.2. The molecular weight excluding hydrogens is 416 g/mol. The third-order valence-electron chi connectivity index (χ3n) is 7.91. The van der Waals surface area contributed by atoms with Gasteiger partial charge in [-0.2, -0.15) is 0 Å². The molecule has 2 aliphatic carbocycles. The van der Waals surface area contributed by atoms with E-state index in [0.29, 0.717) is 36.4 Å². The van der Waals surface area contributed by atoms with Crippen molar-refractivity contribution in [3.63, 3.8) is 0 Å². The summed E-state index contributed by atoms with van der Waals surface area (Å²) >= 11 is 0. The highest BCUT2D eigenvalue weighted by Gasteiger charge is 2.48. The van der Waals surface area contributed by atoms with Crippen LogP contribution in [0.15, 0.2) is 12.2 Å². The molecule has 4 aliphatic rings. The maximum Gasteiger partial charge on any atom is 0.158 e. The molecule has 0 bridgehead atoms. The van der Waals surface area contributed by atoms with Crippen molar-refractivity contribution in [3.8, 4) is 11.8 Å². The molecule has 0 amide bonds. The first-order chi connectivity index (χ1) is 16.1. The summed E-state index contributed by atoms with van der Waals surface area (Å²) < 4.78 is 24.7. The predicted octanol–water partition coefficient (Wildman–Crippen LogP) is 5.42. The first-order valence-electron chi connectivity index (χ1n) is 13.3. The van der Waals surface area contributed by atoms with Gasteiger partial charge >= 0.3 is 0 Å². The molecule has 0 aromatic carbocycles. The number of ether oxygens (including phenoxy) is 4. The van der Waals surface area contributed by atoms with Crippen LogP contribution < -0.4 is 0 Å². The van der Waals surface area contributed by atoms with Gasteiger partial charge in [0.2, 0.25) is 0 Å². The molecule has 2 aliphatic heterocycles. The monoisotopic (exact) mass is 458 g/mol. The number of hydrogen-bond donors (Lipinski definition) is 0. The van der Waals surface area contributed by atoms with E-state index in [4.69, 9.17) is 18.9 Å². The molecule has 3 unspecified atom stereocenters. The van der Waals surface area contributed by atoms with E-state index in [1.54, 1.807) is 0 Å². The van der Waals surface area contributed by atoms with Gasteiger partial charge in [0, 0.05) is 38.4 Å². The van der Waals surface area contributed by atoms with Crippen molar-refractivity contribution in [2.24, 2.45) is 23.7 Å². The van der Waals surface area contributed by atoms with Crippen molar-refractivity contribution >= 4 is 5.78 Å². The van der Waals surface area contributed by atoms with E-state index in [1.165, 1.54) is 6.42 Å². The lowest BCUT2D eigenvalue weighted by atomic mass is 9.89. The Kier molecular flexibility index (Phi) is 9.44. The minimum absolute atomic E-state index is 0.0190. The third-order valence-corrected chi connectivity index (χ3v) is 7.91. The highest BCUT2D eigenvalue weighted by molar-refractivity contribution is 5.81. The summed E-state index contributed by atoms with van der Waals surface area (Å²) in [5.74, 6) is 8.01. The third kappa shape index (κ3) is 6.92. The lowest BCUT2D eigenvalue weighted by molar-refractivity contribution is -0.193. The Hall–Kier alpha value is -1.19. The molecule has 0 aromatic rings. The second-order valence-corrected chi connectivity index (χ2v) is 10.4. The van der Waals surface area contributed by atoms with E-state index in [-0.39, 0.29) is 30.7 Å². The number of ketones is 1. The van der Waals surface area contributed by atoms with E-state index in [9.17, 15) is 4.79 Å². The number of Topliss-reactive ketones (excluding diaryl/α,β-unsaturated/α-hetero) is 1. The Bertz CT molecular complexity index is 710. The Morgan fingerprint density at radius 3 is 2.55 bits per heavy atom. The smallest absolute Gasteiger partial charge is 0.158 e. The van der Waals surface area contributed by atoms with Crippen molar-refractivity contribution < 1.29 is 23.7 Å². The first kappa shape index (κ1) is 24.9. The minimum atomic E-state index is -0.125. The van der Waals surface area contributed by atoms with Gasteiger partial charge in [0.1, 0.15) is 5.78 Å². The minimum Gasteiger partial charge on any atom is -0.353 e. The van der Waals surface area contributed by atoms with Crippen LogP contribution in [0.3, 0.4) is 0 Å². The number of carbonyl (C=O) groups excluding carboxylic acids is 1. The van der Waals surface area contributed by atoms with Crippen LogP contribution in [0.25, 0.3) is 0 Å². The van der Waals surface area contributed by atoms with Crippen LogP contribution in [0.5, 0.6) is 0 Å². The van der Waals surface area contributed by atoms with E-state index in [1.807, 2.05) is 6.92 Å². The Labute approximate surface area is 199 Å². The van der Waals surface area contributed by atoms with E-state index in [0.717, 1.165) is 64.6 Å². The van der Waals surface area contributed by atoms with Gasteiger partial charge in [0.05, 0.1) is 12.2 Å². The van der Waals surface area contributed by atoms with Gasteiger partial charge in [0.25, 0.3) is 0 Å². The molecule has 2 saturated heterocycles. The quantitative estimate of drug-likeness (QED) is 0.341. The molecule has 4 rings (SSSR count). The number of rotatable bonds is 9. The molecule has 0 aromatic heterocycles. The lowest BCUT2D eigenvalue weighted by Crippen LogP contribution is -2.32. The lowest BCUT2D eigenvalue weighted by Gasteiger charge is -2.31. The Morgan fingerprint density at radius 2 is 1.85 bits per heavy atom. The highest BCUT2D eigenvalue weighted by Crippen LogP contribution is 2.48. The van der Waals surface area contributed by atoms with Crippen molar-refractivity contribution in [1.82, 2.24) is 0 Å². The zero-order chi connectivity index (χ0) is 23.0. The fraction of sp³-hybridized carbons (Fsp3) is 0.821. The van der Waals surface area contributed by atoms with Crippen molar-refractivity contribution in [2.75, 3.05) is 13.2 Å². The topological polar surface area (TPSA) is 54.0 Å². The molecule has 8 atom stereocenters. The van der Waals surface area contributed by atoms with Crippen LogP contribution in [0.2, 0.25) is 0 Å². The summed E-state index contributed by atoms with van der Waals surface area (Å²) in [5, 5.41) is 0. The molecule has 4 fully saturated rings. The van der Waals surface area contributed by atoms with E-state index >= 15 is 0 Å².